The number of para-hydroxylation sites is 1. The molecule has 11 nitrogen and oxygen atoms in total. The van der Waals surface area contributed by atoms with Crippen molar-refractivity contribution in [2.45, 2.75) is 83.2 Å². The molecular formula is C35H42F5N7O4. The number of aryl methyl sites for hydroxylation is 1. The summed E-state index contributed by atoms with van der Waals surface area (Å²) in [6.07, 6.45) is -1.25. The normalized spacial score (nSPS) is 16.9. The molecule has 2 aliphatic heterocycles. The Bertz CT molecular complexity index is 1670. The predicted octanol–water partition coefficient (Wildman–Crippen LogP) is 7.00. The molecule has 3 amide bonds. The van der Waals surface area contributed by atoms with Gasteiger partial charge in [-0.15, -0.1) is 0 Å². The molecule has 2 saturated heterocycles. The number of ether oxygens (including phenoxy) is 2. The van der Waals surface area contributed by atoms with Gasteiger partial charge in [0.15, 0.2) is 0 Å². The number of carbonyl (C=O) groups excluding carboxylic acids is 2. The average Bonchev–Trinajstić information content (AvgIpc) is 3.07. The summed E-state index contributed by atoms with van der Waals surface area (Å²) in [5.41, 5.74) is -0.845. The molecule has 1 atom stereocenters. The van der Waals surface area contributed by atoms with Crippen LogP contribution in [0.3, 0.4) is 0 Å². The van der Waals surface area contributed by atoms with Gasteiger partial charge < -0.3 is 29.9 Å². The molecule has 0 aliphatic carbocycles. The number of aromatic nitrogens is 3. The van der Waals surface area contributed by atoms with Gasteiger partial charge in [-0.2, -0.15) is 13.2 Å². The first kappa shape index (κ1) is 37.7. The highest BCUT2D eigenvalue weighted by Crippen LogP contribution is 2.34. The van der Waals surface area contributed by atoms with Crippen LogP contribution < -0.4 is 15.4 Å². The minimum atomic E-state index is -4.65. The molecule has 51 heavy (non-hydrogen) atoms. The fourth-order valence-electron chi connectivity index (χ4n) is 6.14. The molecule has 2 aliphatic rings. The fourth-order valence-corrected chi connectivity index (χ4v) is 6.14. The van der Waals surface area contributed by atoms with Gasteiger partial charge in [0.1, 0.15) is 41.0 Å². The lowest BCUT2D eigenvalue weighted by Gasteiger charge is -2.36. The largest absolute Gasteiger partial charge is 0.476 e. The molecule has 1 unspecified atom stereocenters. The number of nitrogens with zero attached hydrogens (tertiary/aromatic N) is 5. The van der Waals surface area contributed by atoms with Crippen molar-refractivity contribution >= 4 is 17.8 Å². The maximum Gasteiger partial charge on any atom is 0.433 e. The zero-order valence-corrected chi connectivity index (χ0v) is 28.9. The molecule has 2 aromatic heterocycles. The molecule has 0 bridgehead atoms. The van der Waals surface area contributed by atoms with E-state index in [1.54, 1.807) is 38.8 Å². The van der Waals surface area contributed by atoms with E-state index in [2.05, 4.69) is 20.6 Å². The third kappa shape index (κ3) is 10.0. The highest BCUT2D eigenvalue weighted by Gasteiger charge is 2.34. The smallest absolute Gasteiger partial charge is 0.433 e. The molecular weight excluding hydrogens is 677 g/mol. The predicted molar refractivity (Wildman–Crippen MR) is 177 cm³/mol. The molecule has 0 radical (unpaired) electrons. The number of benzene rings is 1. The first-order valence-corrected chi connectivity index (χ1v) is 16.8. The van der Waals surface area contributed by atoms with Crippen molar-refractivity contribution in [3.05, 3.63) is 77.0 Å². The van der Waals surface area contributed by atoms with Crippen molar-refractivity contribution < 1.29 is 41.0 Å². The highest BCUT2D eigenvalue weighted by atomic mass is 19.4. The van der Waals surface area contributed by atoms with E-state index < -0.39 is 53.0 Å². The van der Waals surface area contributed by atoms with Gasteiger partial charge in [-0.1, -0.05) is 12.1 Å². The number of likely N-dealkylation sites (tertiary alicyclic amines) is 2. The number of hydrogen-bond acceptors (Lipinski definition) is 8. The number of alkyl halides is 3. The molecule has 0 spiro atoms. The van der Waals surface area contributed by atoms with Crippen LogP contribution in [0.1, 0.15) is 81.2 Å². The highest BCUT2D eigenvalue weighted by molar-refractivity contribution is 5.89. The Morgan fingerprint density at radius 3 is 2.18 bits per heavy atom. The van der Waals surface area contributed by atoms with Gasteiger partial charge in [0.25, 0.3) is 0 Å². The summed E-state index contributed by atoms with van der Waals surface area (Å²) in [4.78, 5) is 41.6. The molecule has 4 heterocycles. The van der Waals surface area contributed by atoms with E-state index in [9.17, 15) is 31.5 Å². The number of carbonyl (C=O) groups is 2. The Balaban J connectivity index is 1.33. The van der Waals surface area contributed by atoms with Crippen LogP contribution in [0.4, 0.5) is 37.2 Å². The monoisotopic (exact) mass is 719 g/mol. The zero-order chi connectivity index (χ0) is 36.9. The van der Waals surface area contributed by atoms with E-state index in [1.807, 2.05) is 0 Å². The maximum absolute atomic E-state index is 14.2. The Hall–Kier alpha value is -4.60. The second-order valence-electron chi connectivity index (χ2n) is 13.7. The van der Waals surface area contributed by atoms with E-state index in [4.69, 9.17) is 14.5 Å². The summed E-state index contributed by atoms with van der Waals surface area (Å²) >= 11 is 0. The molecule has 1 aromatic carbocycles. The first-order valence-electron chi connectivity index (χ1n) is 16.8. The molecule has 276 valence electrons. The van der Waals surface area contributed by atoms with Crippen molar-refractivity contribution in [2.75, 3.05) is 38.1 Å². The third-order valence-corrected chi connectivity index (χ3v) is 8.70. The summed E-state index contributed by atoms with van der Waals surface area (Å²) in [5.74, 6) is -1.58. The molecule has 0 saturated carbocycles. The van der Waals surface area contributed by atoms with Gasteiger partial charge in [0.05, 0.1) is 11.7 Å². The fraction of sp³-hybridized carbons (Fsp3) is 0.514. The van der Waals surface area contributed by atoms with Gasteiger partial charge in [0.2, 0.25) is 5.88 Å². The van der Waals surface area contributed by atoms with Crippen LogP contribution in [0, 0.1) is 18.6 Å². The standard InChI is InChI=1S/C35H42F5N7O4/c1-21-41-19-24(30(42-21)22-11-15-46(16-12-22)32(48)45-31-25(36)7-5-8-26(31)37)27(20-50-29-10-6-9-28(44-29)35(38,39)40)43-23-13-17-47(18-14-23)33(49)51-34(2,3)4/h5-10,19,22-23,27,43H,11-18,20H2,1-4H3,(H,45,48). The van der Waals surface area contributed by atoms with E-state index in [0.29, 0.717) is 55.9 Å². The van der Waals surface area contributed by atoms with Crippen molar-refractivity contribution in [1.29, 1.82) is 0 Å². The van der Waals surface area contributed by atoms with Crippen LogP contribution in [0.5, 0.6) is 5.88 Å². The van der Waals surface area contributed by atoms with Crippen molar-refractivity contribution in [1.82, 2.24) is 30.1 Å². The molecule has 16 heteroatoms. The molecule has 5 rings (SSSR count). The Labute approximate surface area is 292 Å². The number of rotatable bonds is 8. The van der Waals surface area contributed by atoms with Gasteiger partial charge >= 0.3 is 18.3 Å². The number of hydrogen-bond donors (Lipinski definition) is 2. The second kappa shape index (κ2) is 15.7. The summed E-state index contributed by atoms with van der Waals surface area (Å²) in [6, 6.07) is 5.48. The molecule has 3 aromatic rings. The number of nitrogens with one attached hydrogen (secondary N) is 2. The Morgan fingerprint density at radius 1 is 0.922 bits per heavy atom. The van der Waals surface area contributed by atoms with E-state index in [1.165, 1.54) is 23.1 Å². The van der Waals surface area contributed by atoms with Crippen LogP contribution in [0.2, 0.25) is 0 Å². The summed E-state index contributed by atoms with van der Waals surface area (Å²) in [5, 5.41) is 5.91. The maximum atomic E-state index is 14.2. The Kier molecular flexibility index (Phi) is 11.6. The second-order valence-corrected chi connectivity index (χ2v) is 13.7. The summed E-state index contributed by atoms with van der Waals surface area (Å²) < 4.78 is 79.9. The molecule has 2 fully saturated rings. The van der Waals surface area contributed by atoms with Crippen molar-refractivity contribution in [2.24, 2.45) is 0 Å². The zero-order valence-electron chi connectivity index (χ0n) is 28.9. The summed E-state index contributed by atoms with van der Waals surface area (Å²) in [7, 11) is 0. The van der Waals surface area contributed by atoms with Crippen molar-refractivity contribution in [3.63, 3.8) is 0 Å². The van der Waals surface area contributed by atoms with Crippen LogP contribution >= 0.6 is 0 Å². The van der Waals surface area contributed by atoms with Gasteiger partial charge in [-0.05, 0) is 71.6 Å². The third-order valence-electron chi connectivity index (χ3n) is 8.70. The van der Waals surface area contributed by atoms with Crippen LogP contribution in [-0.2, 0) is 10.9 Å². The number of urea groups is 1. The lowest BCUT2D eigenvalue weighted by molar-refractivity contribution is -0.141. The topological polar surface area (TPSA) is 122 Å². The minimum absolute atomic E-state index is 0.0924. The van der Waals surface area contributed by atoms with Crippen LogP contribution in [0.25, 0.3) is 0 Å². The van der Waals surface area contributed by atoms with Gasteiger partial charge in [-0.25, -0.2) is 33.3 Å². The van der Waals surface area contributed by atoms with Gasteiger partial charge in [-0.3, -0.25) is 0 Å². The molecule has 2 N–H and O–H groups in total. The number of amides is 3. The number of halogens is 5. The number of anilines is 1. The number of piperidine rings is 2. The van der Waals surface area contributed by atoms with Gasteiger partial charge in [0, 0.05) is 56.0 Å². The SMILES string of the molecule is Cc1ncc(C(COc2cccc(C(F)(F)F)n2)NC2CCN(C(=O)OC(C)(C)C)CC2)c(C2CCN(C(=O)Nc3c(F)cccc3F)CC2)n1. The van der Waals surface area contributed by atoms with Crippen LogP contribution in [0.15, 0.2) is 42.6 Å². The number of pyridine rings is 1. The average molecular weight is 720 g/mol. The lowest BCUT2D eigenvalue weighted by atomic mass is 9.88. The van der Waals surface area contributed by atoms with E-state index in [-0.39, 0.29) is 37.5 Å². The van der Waals surface area contributed by atoms with E-state index in [0.717, 1.165) is 18.2 Å². The Morgan fingerprint density at radius 2 is 1.55 bits per heavy atom. The minimum Gasteiger partial charge on any atom is -0.476 e. The lowest BCUT2D eigenvalue weighted by Crippen LogP contribution is -2.48. The summed E-state index contributed by atoms with van der Waals surface area (Å²) in [6.45, 7) is 8.48. The quantitative estimate of drug-likeness (QED) is 0.239. The van der Waals surface area contributed by atoms with Crippen LogP contribution in [-0.4, -0.2) is 81.3 Å². The first-order chi connectivity index (χ1) is 24.1. The van der Waals surface area contributed by atoms with E-state index >= 15 is 0 Å². The van der Waals surface area contributed by atoms with Crippen molar-refractivity contribution in [3.8, 4) is 5.88 Å².